The molecule has 0 atom stereocenters. The lowest BCUT2D eigenvalue weighted by Crippen LogP contribution is -2.20. The summed E-state index contributed by atoms with van der Waals surface area (Å²) in [5.74, 6) is 0.522. The molecule has 0 saturated carbocycles. The Bertz CT molecular complexity index is 456. The highest BCUT2D eigenvalue weighted by atomic mass is 16.6. The summed E-state index contributed by atoms with van der Waals surface area (Å²) in [6.45, 7) is 0. The fourth-order valence-electron chi connectivity index (χ4n) is 1.23. The maximum atomic E-state index is 8.64. The van der Waals surface area contributed by atoms with Crippen molar-refractivity contribution in [3.63, 3.8) is 0 Å². The van der Waals surface area contributed by atoms with Crippen LogP contribution in [0, 0.1) is 0 Å². The lowest BCUT2D eigenvalue weighted by atomic mass is 10.2. The monoisotopic (exact) mass is 193 g/mol. The van der Waals surface area contributed by atoms with E-state index in [-0.39, 0.29) is 11.7 Å². The van der Waals surface area contributed by atoms with Gasteiger partial charge in [0, 0.05) is 0 Å². The molecule has 0 aliphatic rings. The van der Waals surface area contributed by atoms with E-state index < -0.39 is 7.32 Å². The molecule has 72 valence electrons. The molecule has 0 bridgehead atoms. The zero-order valence-electron chi connectivity index (χ0n) is 7.14. The van der Waals surface area contributed by atoms with E-state index in [4.69, 9.17) is 20.4 Å². The molecule has 2 rings (SSSR count). The van der Waals surface area contributed by atoms with Crippen LogP contribution in [-0.4, -0.2) is 27.3 Å². The van der Waals surface area contributed by atoms with Gasteiger partial charge in [-0.1, -0.05) is 6.07 Å². The molecular weight excluding hydrogens is 185 g/mol. The van der Waals surface area contributed by atoms with E-state index in [0.29, 0.717) is 11.0 Å². The van der Waals surface area contributed by atoms with Gasteiger partial charge in [0.25, 0.3) is 0 Å². The number of nitrogens with zero attached hydrogens (tertiary/aromatic N) is 1. The van der Waals surface area contributed by atoms with E-state index in [1.54, 1.807) is 18.2 Å². The fraction of sp³-hybridized carbons (Fsp3) is 0. The van der Waals surface area contributed by atoms with Gasteiger partial charge in [-0.05, 0) is 12.1 Å². The van der Waals surface area contributed by atoms with E-state index in [0.717, 1.165) is 0 Å². The van der Waals surface area contributed by atoms with Crippen molar-refractivity contribution in [3.05, 3.63) is 18.2 Å². The zero-order valence-corrected chi connectivity index (χ0v) is 7.14. The first-order valence-electron chi connectivity index (χ1n) is 3.94. The summed E-state index contributed by atoms with van der Waals surface area (Å²) in [7, 11) is -1.86. The van der Waals surface area contributed by atoms with Crippen LogP contribution in [-0.2, 0) is 0 Å². The molecule has 0 spiro atoms. The SMILES string of the molecule is Nc1nc2c(OB(O)O)cccc2[nH]1. The first-order valence-corrected chi connectivity index (χ1v) is 3.94. The molecule has 0 aliphatic carbocycles. The topological polar surface area (TPSA) is 104 Å². The second-order valence-corrected chi connectivity index (χ2v) is 2.72. The Labute approximate surface area is 79.5 Å². The number of imidazole rings is 1. The largest absolute Gasteiger partial charge is 0.707 e. The Morgan fingerprint density at radius 3 is 2.93 bits per heavy atom. The minimum Gasteiger partial charge on any atom is -0.510 e. The van der Waals surface area contributed by atoms with Gasteiger partial charge in [-0.3, -0.25) is 0 Å². The van der Waals surface area contributed by atoms with Crippen molar-refractivity contribution >= 4 is 24.3 Å². The molecule has 0 radical (unpaired) electrons. The van der Waals surface area contributed by atoms with Crippen molar-refractivity contribution in [1.82, 2.24) is 9.97 Å². The van der Waals surface area contributed by atoms with Crippen LogP contribution in [0.15, 0.2) is 18.2 Å². The smallest absolute Gasteiger partial charge is 0.510 e. The number of nitrogens with two attached hydrogens (primary N) is 1. The molecule has 0 fully saturated rings. The molecule has 6 nitrogen and oxygen atoms in total. The summed E-state index contributed by atoms with van der Waals surface area (Å²) in [4.78, 5) is 6.74. The summed E-state index contributed by atoms with van der Waals surface area (Å²) in [5.41, 5.74) is 6.59. The number of fused-ring (bicyclic) bond motifs is 1. The molecule has 1 aromatic carbocycles. The van der Waals surface area contributed by atoms with Crippen LogP contribution < -0.4 is 10.4 Å². The summed E-state index contributed by atoms with van der Waals surface area (Å²) < 4.78 is 4.71. The normalized spacial score (nSPS) is 10.4. The van der Waals surface area contributed by atoms with Gasteiger partial charge in [-0.15, -0.1) is 0 Å². The molecule has 7 heteroatoms. The molecule has 0 amide bonds. The molecular formula is C7H8BN3O3. The van der Waals surface area contributed by atoms with Crippen LogP contribution in [0.2, 0.25) is 0 Å². The van der Waals surface area contributed by atoms with Gasteiger partial charge in [-0.25, -0.2) is 4.98 Å². The molecule has 1 aromatic heterocycles. The molecule has 2 aromatic rings. The van der Waals surface area contributed by atoms with Crippen molar-refractivity contribution in [1.29, 1.82) is 0 Å². The van der Waals surface area contributed by atoms with Crippen molar-refractivity contribution in [2.75, 3.05) is 5.73 Å². The first-order chi connectivity index (χ1) is 6.66. The second-order valence-electron chi connectivity index (χ2n) is 2.72. The third-order valence-electron chi connectivity index (χ3n) is 1.73. The lowest BCUT2D eigenvalue weighted by Gasteiger charge is -2.03. The van der Waals surface area contributed by atoms with Crippen LogP contribution in [0.1, 0.15) is 0 Å². The molecule has 0 saturated heterocycles. The van der Waals surface area contributed by atoms with Gasteiger partial charge in [0.15, 0.2) is 5.95 Å². The molecule has 0 unspecified atom stereocenters. The molecule has 1 heterocycles. The second kappa shape index (κ2) is 3.20. The number of hydrogen-bond acceptors (Lipinski definition) is 5. The summed E-state index contributed by atoms with van der Waals surface area (Å²) in [6, 6.07) is 5.02. The van der Waals surface area contributed by atoms with Gasteiger partial charge in [-0.2, -0.15) is 0 Å². The highest BCUT2D eigenvalue weighted by Gasteiger charge is 2.14. The van der Waals surface area contributed by atoms with Crippen LogP contribution >= 0.6 is 0 Å². The zero-order chi connectivity index (χ0) is 10.1. The van der Waals surface area contributed by atoms with E-state index >= 15 is 0 Å². The first kappa shape index (κ1) is 8.85. The number of rotatable bonds is 2. The van der Waals surface area contributed by atoms with Crippen LogP contribution in [0.25, 0.3) is 11.0 Å². The number of benzene rings is 1. The summed E-state index contributed by atoms with van der Waals surface area (Å²) >= 11 is 0. The van der Waals surface area contributed by atoms with E-state index in [1.807, 2.05) is 0 Å². The number of nitrogen functional groups attached to an aromatic ring is 1. The Morgan fingerprint density at radius 2 is 2.21 bits per heavy atom. The predicted octanol–water partition coefficient (Wildman–Crippen LogP) is -0.507. The number of nitrogens with one attached hydrogen (secondary N) is 1. The lowest BCUT2D eigenvalue weighted by molar-refractivity contribution is 0.289. The van der Waals surface area contributed by atoms with Gasteiger partial charge < -0.3 is 25.4 Å². The van der Waals surface area contributed by atoms with Gasteiger partial charge in [0.2, 0.25) is 0 Å². The molecule has 0 aliphatic heterocycles. The predicted molar refractivity (Wildman–Crippen MR) is 51.3 cm³/mol. The van der Waals surface area contributed by atoms with Gasteiger partial charge in [0.05, 0.1) is 5.52 Å². The Morgan fingerprint density at radius 1 is 1.43 bits per heavy atom. The molecule has 5 N–H and O–H groups in total. The van der Waals surface area contributed by atoms with Crippen LogP contribution in [0.5, 0.6) is 5.75 Å². The number of H-pyrrole nitrogens is 1. The maximum absolute atomic E-state index is 8.64. The molecule has 14 heavy (non-hydrogen) atoms. The van der Waals surface area contributed by atoms with Crippen molar-refractivity contribution in [2.24, 2.45) is 0 Å². The van der Waals surface area contributed by atoms with Crippen molar-refractivity contribution in [3.8, 4) is 5.75 Å². The summed E-state index contributed by atoms with van der Waals surface area (Å²) in [5, 5.41) is 17.3. The average molecular weight is 193 g/mol. The minimum absolute atomic E-state index is 0.253. The standard InChI is InChI=1S/C7H8BN3O3/c9-7-10-4-2-1-3-5(6(4)11-7)14-8(12)13/h1-3,12-13H,(H3,9,10,11). The van der Waals surface area contributed by atoms with Crippen molar-refractivity contribution in [2.45, 2.75) is 0 Å². The van der Waals surface area contributed by atoms with E-state index in [9.17, 15) is 0 Å². The number of anilines is 1. The van der Waals surface area contributed by atoms with Gasteiger partial charge in [0.1, 0.15) is 11.3 Å². The maximum Gasteiger partial charge on any atom is 0.707 e. The van der Waals surface area contributed by atoms with Crippen LogP contribution in [0.4, 0.5) is 5.95 Å². The quantitative estimate of drug-likeness (QED) is 0.481. The Hall–Kier alpha value is -1.73. The highest BCUT2D eigenvalue weighted by molar-refractivity contribution is 6.34. The third kappa shape index (κ3) is 1.50. The van der Waals surface area contributed by atoms with E-state index in [1.165, 1.54) is 0 Å². The Balaban J connectivity index is 2.53. The fourth-order valence-corrected chi connectivity index (χ4v) is 1.23. The Kier molecular flexibility index (Phi) is 2.03. The van der Waals surface area contributed by atoms with Gasteiger partial charge >= 0.3 is 7.32 Å². The van der Waals surface area contributed by atoms with Crippen LogP contribution in [0.3, 0.4) is 0 Å². The highest BCUT2D eigenvalue weighted by Crippen LogP contribution is 2.23. The minimum atomic E-state index is -1.86. The van der Waals surface area contributed by atoms with Crippen molar-refractivity contribution < 1.29 is 14.7 Å². The third-order valence-corrected chi connectivity index (χ3v) is 1.73. The summed E-state index contributed by atoms with van der Waals surface area (Å²) in [6.07, 6.45) is 0. The van der Waals surface area contributed by atoms with E-state index in [2.05, 4.69) is 9.97 Å². The number of aromatic amines is 1. The number of aromatic nitrogens is 2. The number of hydrogen-bond donors (Lipinski definition) is 4. The number of para-hydroxylation sites is 1. The average Bonchev–Trinajstić information content (AvgIpc) is 2.45.